The Balaban J connectivity index is 2.00. The van der Waals surface area contributed by atoms with Crippen LogP contribution in [-0.4, -0.2) is 12.9 Å². The van der Waals surface area contributed by atoms with Crippen LogP contribution in [0.4, 0.5) is 0 Å². The summed E-state index contributed by atoms with van der Waals surface area (Å²) in [4.78, 5) is 0. The molecule has 0 saturated heterocycles. The van der Waals surface area contributed by atoms with Gasteiger partial charge in [-0.1, -0.05) is 51.2 Å². The van der Waals surface area contributed by atoms with Crippen molar-refractivity contribution in [1.29, 1.82) is 0 Å². The van der Waals surface area contributed by atoms with Gasteiger partial charge in [-0.15, -0.1) is 0 Å². The zero-order chi connectivity index (χ0) is 13.1. The molecule has 0 atom stereocenters. The molecule has 18 heavy (non-hydrogen) atoms. The van der Waals surface area contributed by atoms with Crippen LogP contribution >= 0.6 is 11.8 Å². The molecule has 102 valence electrons. The quantitative estimate of drug-likeness (QED) is 0.532. The molecule has 0 amide bonds. The van der Waals surface area contributed by atoms with Crippen molar-refractivity contribution in [1.82, 2.24) is 0 Å². The Hall–Kier alpha value is -0.630. The first kappa shape index (κ1) is 15.4. The van der Waals surface area contributed by atoms with Crippen molar-refractivity contribution in [2.45, 2.75) is 51.2 Å². The van der Waals surface area contributed by atoms with Gasteiger partial charge in [-0.3, -0.25) is 0 Å². The van der Waals surface area contributed by atoms with E-state index in [4.69, 9.17) is 4.74 Å². The van der Waals surface area contributed by atoms with Gasteiger partial charge in [-0.05, 0) is 29.9 Å². The zero-order valence-corrected chi connectivity index (χ0v) is 12.6. The second-order valence-electron chi connectivity index (χ2n) is 4.67. The van der Waals surface area contributed by atoms with E-state index < -0.39 is 0 Å². The third-order valence-corrected chi connectivity index (χ3v) is 4.18. The lowest BCUT2D eigenvalue weighted by Crippen LogP contribution is -1.86. The normalized spacial score (nSPS) is 10.6. The molecule has 0 fully saturated rings. The molecule has 0 radical (unpaired) electrons. The highest BCUT2D eigenvalue weighted by Gasteiger charge is 1.96. The number of hydrogen-bond acceptors (Lipinski definition) is 2. The average molecular weight is 266 g/mol. The maximum absolute atomic E-state index is 5.15. The molecule has 1 aromatic carbocycles. The van der Waals surface area contributed by atoms with E-state index in [0.717, 1.165) is 11.5 Å². The minimum Gasteiger partial charge on any atom is -0.497 e. The summed E-state index contributed by atoms with van der Waals surface area (Å²) in [5.74, 6) is 3.36. The van der Waals surface area contributed by atoms with Crippen LogP contribution in [0.15, 0.2) is 24.3 Å². The Morgan fingerprint density at radius 2 is 1.61 bits per heavy atom. The van der Waals surface area contributed by atoms with Gasteiger partial charge in [0.1, 0.15) is 5.75 Å². The maximum Gasteiger partial charge on any atom is 0.118 e. The summed E-state index contributed by atoms with van der Waals surface area (Å²) < 4.78 is 5.15. The summed E-state index contributed by atoms with van der Waals surface area (Å²) in [7, 11) is 1.71. The zero-order valence-electron chi connectivity index (χ0n) is 11.8. The van der Waals surface area contributed by atoms with Crippen LogP contribution in [0.5, 0.6) is 5.75 Å². The van der Waals surface area contributed by atoms with E-state index in [0.29, 0.717) is 0 Å². The fraction of sp³-hybridized carbons (Fsp3) is 0.625. The highest BCUT2D eigenvalue weighted by molar-refractivity contribution is 7.98. The number of hydrogen-bond donors (Lipinski definition) is 0. The highest BCUT2D eigenvalue weighted by atomic mass is 32.2. The largest absolute Gasteiger partial charge is 0.497 e. The molecule has 2 heteroatoms. The van der Waals surface area contributed by atoms with E-state index in [1.807, 2.05) is 23.9 Å². The molecule has 0 unspecified atom stereocenters. The van der Waals surface area contributed by atoms with Gasteiger partial charge in [0.25, 0.3) is 0 Å². The van der Waals surface area contributed by atoms with E-state index in [1.54, 1.807) is 7.11 Å². The van der Waals surface area contributed by atoms with Crippen LogP contribution in [0.3, 0.4) is 0 Å². The van der Waals surface area contributed by atoms with Crippen molar-refractivity contribution >= 4 is 11.8 Å². The first-order valence-electron chi connectivity index (χ1n) is 7.07. The van der Waals surface area contributed by atoms with E-state index in [-0.39, 0.29) is 0 Å². The number of unbranched alkanes of at least 4 members (excludes halogenated alkanes) is 5. The molecule has 0 saturated carbocycles. The van der Waals surface area contributed by atoms with E-state index >= 15 is 0 Å². The third kappa shape index (κ3) is 6.95. The van der Waals surface area contributed by atoms with Crippen molar-refractivity contribution < 1.29 is 4.74 Å². The summed E-state index contributed by atoms with van der Waals surface area (Å²) in [6, 6.07) is 8.40. The molecule has 0 aliphatic heterocycles. The molecular formula is C16H26OS. The minimum absolute atomic E-state index is 0.944. The average Bonchev–Trinajstić information content (AvgIpc) is 2.42. The fourth-order valence-corrected chi connectivity index (χ4v) is 2.88. The van der Waals surface area contributed by atoms with E-state index in [9.17, 15) is 0 Å². The molecule has 1 nitrogen and oxygen atoms in total. The molecule has 1 aromatic rings. The first-order chi connectivity index (χ1) is 8.86. The second-order valence-corrected chi connectivity index (χ2v) is 5.77. The molecule has 0 aliphatic rings. The lowest BCUT2D eigenvalue weighted by molar-refractivity contribution is 0.414. The van der Waals surface area contributed by atoms with Gasteiger partial charge in [-0.25, -0.2) is 0 Å². The van der Waals surface area contributed by atoms with Gasteiger partial charge >= 0.3 is 0 Å². The molecule has 0 aromatic heterocycles. The van der Waals surface area contributed by atoms with Crippen LogP contribution < -0.4 is 4.74 Å². The predicted molar refractivity (Wildman–Crippen MR) is 82.5 cm³/mol. The van der Waals surface area contributed by atoms with Crippen molar-refractivity contribution in [3.05, 3.63) is 29.8 Å². The number of thioether (sulfide) groups is 1. The Kier molecular flexibility index (Phi) is 8.83. The molecule has 0 heterocycles. The van der Waals surface area contributed by atoms with Crippen LogP contribution in [0.1, 0.15) is 51.0 Å². The molecule has 0 N–H and O–H groups in total. The van der Waals surface area contributed by atoms with Crippen LogP contribution in [0.2, 0.25) is 0 Å². The van der Waals surface area contributed by atoms with Gasteiger partial charge in [-0.2, -0.15) is 11.8 Å². The molecule has 1 rings (SSSR count). The Labute approximate surface area is 116 Å². The summed E-state index contributed by atoms with van der Waals surface area (Å²) in [6.07, 6.45) is 8.34. The number of rotatable bonds is 10. The Morgan fingerprint density at radius 3 is 2.28 bits per heavy atom. The maximum atomic E-state index is 5.15. The van der Waals surface area contributed by atoms with Gasteiger partial charge in [0.05, 0.1) is 7.11 Å². The van der Waals surface area contributed by atoms with Gasteiger partial charge in [0.2, 0.25) is 0 Å². The summed E-state index contributed by atoms with van der Waals surface area (Å²) >= 11 is 2.04. The van der Waals surface area contributed by atoms with Crippen LogP contribution in [0, 0.1) is 0 Å². The lowest BCUT2D eigenvalue weighted by atomic mass is 10.1. The minimum atomic E-state index is 0.944. The Bertz CT molecular complexity index is 294. The van der Waals surface area contributed by atoms with Crippen molar-refractivity contribution in [3.8, 4) is 5.75 Å². The smallest absolute Gasteiger partial charge is 0.118 e. The van der Waals surface area contributed by atoms with Gasteiger partial charge in [0.15, 0.2) is 0 Å². The SMILES string of the molecule is CCCCCCCCSCc1ccc(OC)cc1. The van der Waals surface area contributed by atoms with Gasteiger partial charge < -0.3 is 4.74 Å². The standard InChI is InChI=1S/C16H26OS/c1-3-4-5-6-7-8-13-18-14-15-9-11-16(17-2)12-10-15/h9-12H,3-8,13-14H2,1-2H3. The topological polar surface area (TPSA) is 9.23 Å². The lowest BCUT2D eigenvalue weighted by Gasteiger charge is -2.04. The summed E-state index contributed by atoms with van der Waals surface area (Å²) in [5.41, 5.74) is 1.40. The first-order valence-corrected chi connectivity index (χ1v) is 8.23. The van der Waals surface area contributed by atoms with Crippen LogP contribution in [0.25, 0.3) is 0 Å². The monoisotopic (exact) mass is 266 g/mol. The van der Waals surface area contributed by atoms with Crippen molar-refractivity contribution in [3.63, 3.8) is 0 Å². The number of ether oxygens (including phenoxy) is 1. The number of methoxy groups -OCH3 is 1. The Morgan fingerprint density at radius 1 is 0.944 bits per heavy atom. The third-order valence-electron chi connectivity index (χ3n) is 3.07. The molecule has 0 bridgehead atoms. The second kappa shape index (κ2) is 10.3. The fourth-order valence-electron chi connectivity index (χ4n) is 1.90. The molecular weight excluding hydrogens is 240 g/mol. The highest BCUT2D eigenvalue weighted by Crippen LogP contribution is 2.18. The van der Waals surface area contributed by atoms with Crippen molar-refractivity contribution in [2.24, 2.45) is 0 Å². The van der Waals surface area contributed by atoms with Gasteiger partial charge in [0, 0.05) is 5.75 Å². The number of benzene rings is 1. The van der Waals surface area contributed by atoms with Crippen LogP contribution in [-0.2, 0) is 5.75 Å². The predicted octanol–water partition coefficient (Wildman–Crippen LogP) is 5.29. The van der Waals surface area contributed by atoms with Crippen molar-refractivity contribution in [2.75, 3.05) is 12.9 Å². The summed E-state index contributed by atoms with van der Waals surface area (Å²) in [6.45, 7) is 2.27. The van der Waals surface area contributed by atoms with E-state index in [1.165, 1.54) is 49.8 Å². The molecule has 0 aliphatic carbocycles. The van der Waals surface area contributed by atoms with E-state index in [2.05, 4.69) is 19.1 Å². The molecule has 0 spiro atoms. The summed E-state index contributed by atoms with van der Waals surface area (Å²) in [5, 5.41) is 0.